The first-order chi connectivity index (χ1) is 14.3. The summed E-state index contributed by atoms with van der Waals surface area (Å²) >= 11 is 0. The molecule has 2 atom stereocenters. The van der Waals surface area contributed by atoms with Crippen LogP contribution in [0.5, 0.6) is 0 Å². The monoisotopic (exact) mass is 447 g/mol. The van der Waals surface area contributed by atoms with E-state index in [-0.39, 0.29) is 28.5 Å². The van der Waals surface area contributed by atoms with Crippen LogP contribution in [-0.2, 0) is 19.9 Å². The maximum atomic E-state index is 12.8. The summed E-state index contributed by atoms with van der Waals surface area (Å²) in [6, 6.07) is 13.0. The van der Waals surface area contributed by atoms with E-state index in [0.29, 0.717) is 30.0 Å². The van der Waals surface area contributed by atoms with E-state index in [1.807, 2.05) is 4.90 Å². The molecule has 0 spiro atoms. The van der Waals surface area contributed by atoms with Crippen molar-refractivity contribution in [3.05, 3.63) is 54.8 Å². The summed E-state index contributed by atoms with van der Waals surface area (Å²) in [7, 11) is -6.89. The normalized spacial score (nSPS) is 23.4. The molecule has 3 aromatic rings. The second kappa shape index (κ2) is 7.00. The fourth-order valence-electron chi connectivity index (χ4n) is 4.32. The van der Waals surface area contributed by atoms with Crippen molar-refractivity contribution in [2.45, 2.75) is 17.0 Å². The van der Waals surface area contributed by atoms with Crippen LogP contribution < -0.4 is 14.9 Å². The van der Waals surface area contributed by atoms with Gasteiger partial charge in [-0.3, -0.25) is 4.72 Å². The van der Waals surface area contributed by atoms with Crippen LogP contribution >= 0.6 is 0 Å². The number of sulfone groups is 1. The van der Waals surface area contributed by atoms with E-state index in [2.05, 4.69) is 10.0 Å². The van der Waals surface area contributed by atoms with Crippen LogP contribution in [0.4, 0.5) is 11.4 Å². The van der Waals surface area contributed by atoms with Crippen molar-refractivity contribution < 1.29 is 21.3 Å². The van der Waals surface area contributed by atoms with Gasteiger partial charge in [0.1, 0.15) is 0 Å². The van der Waals surface area contributed by atoms with Gasteiger partial charge >= 0.3 is 0 Å². The summed E-state index contributed by atoms with van der Waals surface area (Å²) < 4.78 is 58.3. The number of fused-ring (bicyclic) bond motifs is 2. The largest absolute Gasteiger partial charge is 0.462 e. The molecule has 0 aliphatic carbocycles. The lowest BCUT2D eigenvalue weighted by Crippen LogP contribution is -2.57. The number of benzene rings is 2. The van der Waals surface area contributed by atoms with Gasteiger partial charge in [-0.05, 0) is 30.3 Å². The summed E-state index contributed by atoms with van der Waals surface area (Å²) in [6.45, 7) is 1.24. The van der Waals surface area contributed by atoms with Crippen LogP contribution in [-0.4, -0.2) is 53.5 Å². The Morgan fingerprint density at radius 1 is 1.10 bits per heavy atom. The molecule has 3 heterocycles. The molecule has 158 valence electrons. The topological polar surface area (TPSA) is 109 Å². The Labute approximate surface area is 174 Å². The first-order valence-corrected chi connectivity index (χ1v) is 12.9. The third kappa shape index (κ3) is 3.44. The smallest absolute Gasteiger partial charge is 0.261 e. The molecule has 2 aliphatic rings. The fraction of sp³-hybridized carbons (Fsp3) is 0.300. The van der Waals surface area contributed by atoms with Crippen molar-refractivity contribution in [2.24, 2.45) is 0 Å². The quantitative estimate of drug-likeness (QED) is 0.628. The Kier molecular flexibility index (Phi) is 4.53. The van der Waals surface area contributed by atoms with Crippen LogP contribution in [0.15, 0.2) is 64.1 Å². The average Bonchev–Trinajstić information content (AvgIpc) is 3.29. The van der Waals surface area contributed by atoms with Crippen molar-refractivity contribution in [1.82, 2.24) is 5.32 Å². The molecule has 0 amide bonds. The minimum Gasteiger partial charge on any atom is -0.462 e. The minimum absolute atomic E-state index is 0.0623. The van der Waals surface area contributed by atoms with E-state index in [9.17, 15) is 16.8 Å². The first kappa shape index (κ1) is 19.4. The van der Waals surface area contributed by atoms with Gasteiger partial charge in [0.05, 0.1) is 40.1 Å². The lowest BCUT2D eigenvalue weighted by molar-refractivity contribution is 0.424. The van der Waals surface area contributed by atoms with Gasteiger partial charge in [0.25, 0.3) is 10.0 Å². The molecule has 2 saturated heterocycles. The standard InChI is InChI=1S/C20H21N3O5S2/c24-29(25)12-17-19(13-29)23(8-7-21-17)18-11-15(10-14-6-9-28-20(14)18)22-30(26,27)16-4-2-1-3-5-16/h1-6,9-11,17,19,21-22H,7-8,12-13H2. The second-order valence-electron chi connectivity index (χ2n) is 7.65. The number of furan rings is 1. The van der Waals surface area contributed by atoms with Crippen molar-refractivity contribution in [3.63, 3.8) is 0 Å². The number of rotatable bonds is 4. The summed E-state index contributed by atoms with van der Waals surface area (Å²) in [5.41, 5.74) is 1.71. The maximum absolute atomic E-state index is 12.8. The van der Waals surface area contributed by atoms with E-state index in [1.165, 1.54) is 12.1 Å². The summed E-state index contributed by atoms with van der Waals surface area (Å²) in [4.78, 5) is 2.20. The summed E-state index contributed by atoms with van der Waals surface area (Å²) in [6.07, 6.45) is 1.55. The molecule has 8 nitrogen and oxygen atoms in total. The first-order valence-electron chi connectivity index (χ1n) is 9.62. The predicted molar refractivity (Wildman–Crippen MR) is 115 cm³/mol. The molecule has 5 rings (SSSR count). The van der Waals surface area contributed by atoms with Gasteiger partial charge in [-0.1, -0.05) is 18.2 Å². The molecular formula is C20H21N3O5S2. The van der Waals surface area contributed by atoms with Crippen molar-refractivity contribution >= 4 is 42.2 Å². The Hall–Kier alpha value is -2.56. The zero-order valence-electron chi connectivity index (χ0n) is 16.0. The molecular weight excluding hydrogens is 426 g/mol. The van der Waals surface area contributed by atoms with E-state index >= 15 is 0 Å². The molecule has 2 aromatic carbocycles. The summed E-state index contributed by atoms with van der Waals surface area (Å²) in [5, 5.41) is 4.03. The van der Waals surface area contributed by atoms with E-state index < -0.39 is 19.9 Å². The fourth-order valence-corrected chi connectivity index (χ4v) is 7.33. The van der Waals surface area contributed by atoms with Gasteiger partial charge in [-0.15, -0.1) is 0 Å². The number of nitrogens with zero attached hydrogens (tertiary/aromatic N) is 1. The Morgan fingerprint density at radius 3 is 2.70 bits per heavy atom. The lowest BCUT2D eigenvalue weighted by atomic mass is 10.1. The van der Waals surface area contributed by atoms with E-state index in [0.717, 1.165) is 5.39 Å². The van der Waals surface area contributed by atoms with Crippen molar-refractivity contribution in [3.8, 4) is 0 Å². The van der Waals surface area contributed by atoms with Crippen molar-refractivity contribution in [1.29, 1.82) is 0 Å². The lowest BCUT2D eigenvalue weighted by Gasteiger charge is -2.39. The third-order valence-corrected chi connectivity index (χ3v) is 8.74. The molecule has 2 aliphatic heterocycles. The van der Waals surface area contributed by atoms with E-state index in [4.69, 9.17) is 4.42 Å². The highest BCUT2D eigenvalue weighted by molar-refractivity contribution is 7.92. The zero-order chi connectivity index (χ0) is 20.9. The number of hydrogen-bond donors (Lipinski definition) is 2. The molecule has 2 N–H and O–H groups in total. The van der Waals surface area contributed by atoms with Crippen LogP contribution in [0.1, 0.15) is 0 Å². The molecule has 0 bridgehead atoms. The Bertz CT molecular complexity index is 1300. The van der Waals surface area contributed by atoms with E-state index in [1.54, 1.807) is 42.7 Å². The van der Waals surface area contributed by atoms with Gasteiger partial charge < -0.3 is 14.6 Å². The number of piperazine rings is 1. The highest BCUT2D eigenvalue weighted by Gasteiger charge is 2.43. The molecule has 0 radical (unpaired) electrons. The van der Waals surface area contributed by atoms with Crippen molar-refractivity contribution in [2.75, 3.05) is 34.2 Å². The van der Waals surface area contributed by atoms with Gasteiger partial charge in [0.2, 0.25) is 0 Å². The molecule has 0 saturated carbocycles. The number of sulfonamides is 1. The number of anilines is 2. The van der Waals surface area contributed by atoms with Gasteiger partial charge in [-0.2, -0.15) is 0 Å². The minimum atomic E-state index is -3.76. The molecule has 10 heteroatoms. The van der Waals surface area contributed by atoms with Gasteiger partial charge in [-0.25, -0.2) is 16.8 Å². The SMILES string of the molecule is O=S1(=O)CC2NCCN(c3cc(NS(=O)(=O)c4ccccc4)cc4ccoc34)C2C1. The molecule has 2 fully saturated rings. The predicted octanol–water partition coefficient (Wildman–Crippen LogP) is 1.81. The Morgan fingerprint density at radius 2 is 1.90 bits per heavy atom. The molecule has 30 heavy (non-hydrogen) atoms. The maximum Gasteiger partial charge on any atom is 0.261 e. The highest BCUT2D eigenvalue weighted by Crippen LogP contribution is 2.36. The van der Waals surface area contributed by atoms with Crippen LogP contribution in [0.2, 0.25) is 0 Å². The highest BCUT2D eigenvalue weighted by atomic mass is 32.2. The molecule has 2 unspecified atom stereocenters. The van der Waals surface area contributed by atoms with Crippen LogP contribution in [0, 0.1) is 0 Å². The van der Waals surface area contributed by atoms with Crippen LogP contribution in [0.25, 0.3) is 11.0 Å². The number of hydrogen-bond acceptors (Lipinski definition) is 7. The third-order valence-electron chi connectivity index (χ3n) is 5.63. The summed E-state index contributed by atoms with van der Waals surface area (Å²) in [5.74, 6) is 0.169. The Balaban J connectivity index is 1.56. The zero-order valence-corrected chi connectivity index (χ0v) is 17.6. The average molecular weight is 448 g/mol. The van der Waals surface area contributed by atoms with Crippen LogP contribution in [0.3, 0.4) is 0 Å². The molecule has 1 aromatic heterocycles. The van der Waals surface area contributed by atoms with Gasteiger partial charge in [0, 0.05) is 24.5 Å². The number of nitrogens with one attached hydrogen (secondary N) is 2. The van der Waals surface area contributed by atoms with Gasteiger partial charge in [0.15, 0.2) is 15.4 Å². The second-order valence-corrected chi connectivity index (χ2v) is 11.5.